The first kappa shape index (κ1) is 12.4. The average molecular weight is 337 g/mol. The van der Waals surface area contributed by atoms with Gasteiger partial charge in [-0.2, -0.15) is 0 Å². The van der Waals surface area contributed by atoms with Crippen molar-refractivity contribution >= 4 is 37.5 Å². The molecule has 3 rings (SSSR count). The quantitative estimate of drug-likeness (QED) is 0.781. The number of rotatable bonds is 2. The number of aromatic amines is 1. The van der Waals surface area contributed by atoms with Gasteiger partial charge in [-0.15, -0.1) is 11.3 Å². The number of fused-ring (bicyclic) bond motifs is 1. The first-order valence-electron chi connectivity index (χ1n) is 5.60. The van der Waals surface area contributed by atoms with Gasteiger partial charge >= 0.3 is 5.69 Å². The van der Waals surface area contributed by atoms with Gasteiger partial charge in [0.2, 0.25) is 0 Å². The molecule has 0 bridgehead atoms. The number of H-pyrrole nitrogens is 1. The van der Waals surface area contributed by atoms with Crippen molar-refractivity contribution in [3.8, 4) is 0 Å². The lowest BCUT2D eigenvalue weighted by Gasteiger charge is -2.05. The van der Waals surface area contributed by atoms with Gasteiger partial charge < -0.3 is 4.98 Å². The van der Waals surface area contributed by atoms with Crippen LogP contribution in [0.5, 0.6) is 0 Å². The third-order valence-corrected chi connectivity index (χ3v) is 4.22. The Labute approximate surface area is 120 Å². The van der Waals surface area contributed by atoms with Crippen LogP contribution < -0.4 is 11.2 Å². The largest absolute Gasteiger partial charge is 0.329 e. The first-order valence-corrected chi connectivity index (χ1v) is 7.27. The fourth-order valence-electron chi connectivity index (χ4n) is 1.93. The van der Waals surface area contributed by atoms with Crippen molar-refractivity contribution in [3.63, 3.8) is 0 Å². The molecule has 2 aromatic heterocycles. The second kappa shape index (κ2) is 4.79. The van der Waals surface area contributed by atoms with Gasteiger partial charge in [0.15, 0.2) is 0 Å². The molecule has 0 radical (unpaired) electrons. The van der Waals surface area contributed by atoms with Crippen LogP contribution in [0, 0.1) is 0 Å². The summed E-state index contributed by atoms with van der Waals surface area (Å²) in [6, 6.07) is 9.30. The second-order valence-corrected chi connectivity index (χ2v) is 5.95. The lowest BCUT2D eigenvalue weighted by molar-refractivity contribution is 0.713. The van der Waals surface area contributed by atoms with Crippen molar-refractivity contribution in [1.82, 2.24) is 9.55 Å². The van der Waals surface area contributed by atoms with Crippen LogP contribution in [0.25, 0.3) is 10.2 Å². The number of aromatic nitrogens is 2. The van der Waals surface area contributed by atoms with Crippen molar-refractivity contribution in [2.24, 2.45) is 0 Å². The highest BCUT2D eigenvalue weighted by atomic mass is 79.9. The molecule has 0 aliphatic carbocycles. The summed E-state index contributed by atoms with van der Waals surface area (Å²) in [6.45, 7) is 0.265. The Morgan fingerprint density at radius 3 is 2.89 bits per heavy atom. The molecule has 0 spiro atoms. The SMILES string of the molecule is O=c1[nH]c2ccsc2c(=O)n1Cc1cccc(Br)c1. The number of benzene rings is 1. The van der Waals surface area contributed by atoms with E-state index in [0.29, 0.717) is 10.2 Å². The van der Waals surface area contributed by atoms with Gasteiger partial charge in [-0.3, -0.25) is 9.36 Å². The third-order valence-electron chi connectivity index (χ3n) is 2.82. The van der Waals surface area contributed by atoms with E-state index in [4.69, 9.17) is 0 Å². The van der Waals surface area contributed by atoms with Crippen LogP contribution in [0.2, 0.25) is 0 Å². The molecule has 19 heavy (non-hydrogen) atoms. The van der Waals surface area contributed by atoms with Gasteiger partial charge in [0.05, 0.1) is 12.1 Å². The third kappa shape index (κ3) is 2.29. The Bertz CT molecular complexity index is 863. The molecule has 4 nitrogen and oxygen atoms in total. The monoisotopic (exact) mass is 336 g/mol. The molecule has 6 heteroatoms. The molecular weight excluding hydrogens is 328 g/mol. The maximum absolute atomic E-state index is 12.2. The molecule has 0 amide bonds. The minimum atomic E-state index is -0.379. The predicted octanol–water partition coefficient (Wildman–Crippen LogP) is 2.56. The van der Waals surface area contributed by atoms with Crippen LogP contribution in [0.3, 0.4) is 0 Å². The van der Waals surface area contributed by atoms with E-state index in [0.717, 1.165) is 10.0 Å². The Balaban J connectivity index is 2.15. The summed E-state index contributed by atoms with van der Waals surface area (Å²) in [5.41, 5.74) is 0.882. The fourth-order valence-corrected chi connectivity index (χ4v) is 3.18. The summed E-state index contributed by atoms with van der Waals surface area (Å²) < 4.78 is 2.72. The maximum atomic E-state index is 12.2. The van der Waals surface area contributed by atoms with E-state index >= 15 is 0 Å². The number of hydrogen-bond donors (Lipinski definition) is 1. The van der Waals surface area contributed by atoms with Gasteiger partial charge in [-0.25, -0.2) is 4.79 Å². The van der Waals surface area contributed by atoms with E-state index in [1.807, 2.05) is 24.3 Å². The maximum Gasteiger partial charge on any atom is 0.329 e. The van der Waals surface area contributed by atoms with Crippen molar-refractivity contribution in [1.29, 1.82) is 0 Å². The summed E-state index contributed by atoms with van der Waals surface area (Å²) in [6.07, 6.45) is 0. The zero-order chi connectivity index (χ0) is 13.4. The summed E-state index contributed by atoms with van der Waals surface area (Å²) in [5, 5.41) is 1.80. The van der Waals surface area contributed by atoms with Crippen molar-refractivity contribution < 1.29 is 0 Å². The highest BCUT2D eigenvalue weighted by Crippen LogP contribution is 2.14. The van der Waals surface area contributed by atoms with Gasteiger partial charge in [-0.1, -0.05) is 28.1 Å². The molecule has 0 aliphatic rings. The van der Waals surface area contributed by atoms with E-state index in [1.54, 1.807) is 11.4 Å². The summed E-state index contributed by atoms with van der Waals surface area (Å²) in [7, 11) is 0. The van der Waals surface area contributed by atoms with Gasteiger partial charge in [0.25, 0.3) is 5.56 Å². The number of nitrogens with zero attached hydrogens (tertiary/aromatic N) is 1. The number of nitrogens with one attached hydrogen (secondary N) is 1. The number of thiophene rings is 1. The van der Waals surface area contributed by atoms with E-state index in [2.05, 4.69) is 20.9 Å². The van der Waals surface area contributed by atoms with Gasteiger partial charge in [0.1, 0.15) is 4.70 Å². The highest BCUT2D eigenvalue weighted by Gasteiger charge is 2.09. The molecule has 0 aliphatic heterocycles. The molecule has 2 heterocycles. The van der Waals surface area contributed by atoms with E-state index in [-0.39, 0.29) is 17.8 Å². The Hall–Kier alpha value is -1.66. The Morgan fingerprint density at radius 1 is 1.26 bits per heavy atom. The van der Waals surface area contributed by atoms with Gasteiger partial charge in [-0.05, 0) is 29.1 Å². The molecule has 0 fully saturated rings. The predicted molar refractivity (Wildman–Crippen MR) is 79.9 cm³/mol. The van der Waals surface area contributed by atoms with Crippen molar-refractivity contribution in [2.45, 2.75) is 6.54 Å². The smallest absolute Gasteiger partial charge is 0.306 e. The van der Waals surface area contributed by atoms with Crippen LogP contribution in [0.1, 0.15) is 5.56 Å². The van der Waals surface area contributed by atoms with Crippen LogP contribution in [0.15, 0.2) is 49.8 Å². The minimum Gasteiger partial charge on any atom is -0.306 e. The van der Waals surface area contributed by atoms with Gasteiger partial charge in [0, 0.05) is 4.47 Å². The lowest BCUT2D eigenvalue weighted by Crippen LogP contribution is -2.34. The molecule has 96 valence electrons. The van der Waals surface area contributed by atoms with Crippen LogP contribution in [-0.2, 0) is 6.54 Å². The standard InChI is InChI=1S/C13H9BrN2O2S/c14-9-3-1-2-8(6-9)7-16-12(17)11-10(4-5-19-11)15-13(16)18/h1-6H,7H2,(H,15,18). The Kier molecular flexibility index (Phi) is 3.12. The highest BCUT2D eigenvalue weighted by molar-refractivity contribution is 9.10. The molecule has 3 aromatic rings. The zero-order valence-electron chi connectivity index (χ0n) is 9.72. The van der Waals surface area contributed by atoms with E-state index in [1.165, 1.54) is 15.9 Å². The lowest BCUT2D eigenvalue weighted by atomic mass is 10.2. The van der Waals surface area contributed by atoms with Crippen LogP contribution in [0.4, 0.5) is 0 Å². The first-order chi connectivity index (χ1) is 9.15. The van der Waals surface area contributed by atoms with Crippen LogP contribution >= 0.6 is 27.3 Å². The minimum absolute atomic E-state index is 0.242. The molecule has 0 saturated heterocycles. The molecule has 1 N–H and O–H groups in total. The van der Waals surface area contributed by atoms with E-state index in [9.17, 15) is 9.59 Å². The fraction of sp³-hybridized carbons (Fsp3) is 0.0769. The summed E-state index contributed by atoms with van der Waals surface area (Å²) in [4.78, 5) is 26.9. The Morgan fingerprint density at radius 2 is 2.11 bits per heavy atom. The molecule has 0 saturated carbocycles. The number of halogens is 1. The number of hydrogen-bond acceptors (Lipinski definition) is 3. The zero-order valence-corrected chi connectivity index (χ0v) is 12.1. The van der Waals surface area contributed by atoms with Crippen molar-refractivity contribution in [3.05, 3.63) is 66.6 Å². The summed E-state index contributed by atoms with van der Waals surface area (Å²) >= 11 is 4.71. The van der Waals surface area contributed by atoms with Crippen molar-refractivity contribution in [2.75, 3.05) is 0 Å². The topological polar surface area (TPSA) is 54.9 Å². The molecule has 0 unspecified atom stereocenters. The van der Waals surface area contributed by atoms with E-state index < -0.39 is 0 Å². The molecular formula is C13H9BrN2O2S. The van der Waals surface area contributed by atoms with Crippen LogP contribution in [-0.4, -0.2) is 9.55 Å². The average Bonchev–Trinajstić information content (AvgIpc) is 2.83. The molecule has 0 atom stereocenters. The normalized spacial score (nSPS) is 11.0. The summed E-state index contributed by atoms with van der Waals surface area (Å²) in [5.74, 6) is 0. The second-order valence-electron chi connectivity index (χ2n) is 4.11. The molecule has 1 aromatic carbocycles.